The van der Waals surface area contributed by atoms with Crippen LogP contribution < -0.4 is 5.32 Å². The summed E-state index contributed by atoms with van der Waals surface area (Å²) in [7, 11) is 0. The lowest BCUT2D eigenvalue weighted by Gasteiger charge is -2.28. The van der Waals surface area contributed by atoms with E-state index in [0.717, 1.165) is 51.4 Å². The van der Waals surface area contributed by atoms with Crippen LogP contribution in [0.2, 0.25) is 0 Å². The fourth-order valence-corrected chi connectivity index (χ4v) is 5.53. The van der Waals surface area contributed by atoms with E-state index in [2.05, 4.69) is 90.2 Å². The molecule has 1 saturated heterocycles. The summed E-state index contributed by atoms with van der Waals surface area (Å²) in [5.74, 6) is -0.849. The minimum atomic E-state index is -1.02. The molecule has 1 aliphatic heterocycles. The van der Waals surface area contributed by atoms with Gasteiger partial charge < -0.3 is 19.5 Å². The van der Waals surface area contributed by atoms with Crippen molar-refractivity contribution in [2.45, 2.75) is 63.6 Å². The van der Waals surface area contributed by atoms with Crippen LogP contribution in [0.5, 0.6) is 0 Å². The number of nitrogens with one attached hydrogen (secondary N) is 1. The molecule has 220 valence electrons. The fraction of sp³-hybridized carbons (Fsp3) is 0.389. The third kappa shape index (κ3) is 8.40. The largest absolute Gasteiger partial charge is 0.461 e. The predicted molar refractivity (Wildman–Crippen MR) is 166 cm³/mol. The van der Waals surface area contributed by atoms with Crippen molar-refractivity contribution in [2.24, 2.45) is 0 Å². The molecule has 6 heteroatoms. The van der Waals surface area contributed by atoms with Gasteiger partial charge in [-0.15, -0.1) is 0 Å². The van der Waals surface area contributed by atoms with Gasteiger partial charge in [0, 0.05) is 13.2 Å². The van der Waals surface area contributed by atoms with Crippen LogP contribution >= 0.6 is 0 Å². The van der Waals surface area contributed by atoms with Gasteiger partial charge in [-0.25, -0.2) is 4.79 Å². The summed E-state index contributed by atoms with van der Waals surface area (Å²) in [4.78, 5) is 25.4. The molecule has 0 aromatic heterocycles. The number of benzene rings is 4. The molecular weight excluding hydrogens is 526 g/mol. The van der Waals surface area contributed by atoms with E-state index in [9.17, 15) is 9.59 Å². The highest BCUT2D eigenvalue weighted by Crippen LogP contribution is 2.19. The second kappa shape index (κ2) is 15.5. The van der Waals surface area contributed by atoms with Crippen LogP contribution in [0.3, 0.4) is 0 Å². The number of hydrogen-bond donors (Lipinski definition) is 1. The molecule has 0 spiro atoms. The van der Waals surface area contributed by atoms with E-state index in [0.29, 0.717) is 13.2 Å². The number of hydrogen-bond acceptors (Lipinski definition) is 5. The maximum atomic E-state index is 13.1. The maximum Gasteiger partial charge on any atom is 0.338 e. The highest BCUT2D eigenvalue weighted by atomic mass is 16.6. The normalized spacial score (nSPS) is 15.9. The number of fused-ring (bicyclic) bond motifs is 2. The molecule has 1 aliphatic rings. The van der Waals surface area contributed by atoms with Gasteiger partial charge in [-0.2, -0.15) is 0 Å². The van der Waals surface area contributed by atoms with E-state index in [-0.39, 0.29) is 19.1 Å². The molecule has 4 aromatic carbocycles. The van der Waals surface area contributed by atoms with Crippen LogP contribution in [0, 0.1) is 0 Å². The van der Waals surface area contributed by atoms with Crippen molar-refractivity contribution >= 4 is 33.4 Å². The van der Waals surface area contributed by atoms with Crippen LogP contribution in [0.25, 0.3) is 21.5 Å². The van der Waals surface area contributed by atoms with Crippen molar-refractivity contribution in [2.75, 3.05) is 26.4 Å². The molecule has 1 amide bonds. The lowest BCUT2D eigenvalue weighted by Crippen LogP contribution is -2.51. The summed E-state index contributed by atoms with van der Waals surface area (Å²) in [6, 6.07) is 30.0. The van der Waals surface area contributed by atoms with Crippen molar-refractivity contribution in [1.82, 2.24) is 5.32 Å². The third-order valence-electron chi connectivity index (χ3n) is 7.87. The van der Waals surface area contributed by atoms with E-state index in [4.69, 9.17) is 14.2 Å². The Morgan fingerprint density at radius 1 is 0.738 bits per heavy atom. The first-order valence-corrected chi connectivity index (χ1v) is 15.3. The molecule has 42 heavy (non-hydrogen) atoms. The van der Waals surface area contributed by atoms with Crippen LogP contribution in [-0.2, 0) is 36.6 Å². The van der Waals surface area contributed by atoms with Crippen LogP contribution in [0.15, 0.2) is 84.9 Å². The maximum absolute atomic E-state index is 13.1. The standard InChI is InChI=1S/C36H41NO5/c38-35(37-21-9-1-3-11-27-17-19-29-13-5-7-15-31(29)25-27)33(34-36(39)42-24-23-41-34)40-22-10-2-4-12-28-18-20-30-14-6-8-16-32(30)26-28/h5-8,13-20,25-26,33-34H,1-4,9-12,21-24H2,(H,37,38)/t33-,34-/m1/s1. The number of rotatable bonds is 15. The molecule has 2 atom stereocenters. The summed E-state index contributed by atoms with van der Waals surface area (Å²) in [5.41, 5.74) is 2.65. The van der Waals surface area contributed by atoms with Gasteiger partial charge in [0.1, 0.15) is 6.61 Å². The Morgan fingerprint density at radius 2 is 1.33 bits per heavy atom. The Bertz CT molecular complexity index is 1470. The Kier molecular flexibility index (Phi) is 11.0. The smallest absolute Gasteiger partial charge is 0.338 e. The van der Waals surface area contributed by atoms with Gasteiger partial charge in [-0.1, -0.05) is 97.8 Å². The average molecular weight is 568 g/mol. The number of carbonyl (C=O) groups is 2. The molecule has 4 aromatic rings. The highest BCUT2D eigenvalue weighted by molar-refractivity contribution is 5.89. The number of cyclic esters (lactones) is 1. The lowest BCUT2D eigenvalue weighted by atomic mass is 10.0. The zero-order valence-electron chi connectivity index (χ0n) is 24.3. The van der Waals surface area contributed by atoms with Gasteiger partial charge in [-0.05, 0) is 71.2 Å². The molecule has 1 fully saturated rings. The highest BCUT2D eigenvalue weighted by Gasteiger charge is 2.38. The van der Waals surface area contributed by atoms with Crippen LogP contribution in [0.1, 0.15) is 49.7 Å². The molecule has 5 rings (SSSR count). The van der Waals surface area contributed by atoms with E-state index in [1.54, 1.807) is 0 Å². The monoisotopic (exact) mass is 567 g/mol. The van der Waals surface area contributed by atoms with Gasteiger partial charge in [-0.3, -0.25) is 4.79 Å². The molecule has 0 radical (unpaired) electrons. The average Bonchev–Trinajstić information content (AvgIpc) is 3.02. The van der Waals surface area contributed by atoms with Gasteiger partial charge in [0.05, 0.1) is 6.61 Å². The molecule has 0 bridgehead atoms. The number of unbranched alkanes of at least 4 members (excludes halogenated alkanes) is 4. The zero-order chi connectivity index (χ0) is 29.0. The Labute approximate surface area is 248 Å². The lowest BCUT2D eigenvalue weighted by molar-refractivity contribution is -0.188. The molecule has 0 saturated carbocycles. The SMILES string of the molecule is O=C(NCCCCCc1ccc2ccccc2c1)[C@H](OCCCCCc1ccc2ccccc2c1)[C@H]1OCCOC1=O. The summed E-state index contributed by atoms with van der Waals surface area (Å²) in [6.45, 7) is 1.39. The summed E-state index contributed by atoms with van der Waals surface area (Å²) in [5, 5.41) is 8.00. The number of esters is 1. The van der Waals surface area contributed by atoms with Crippen molar-refractivity contribution in [3.05, 3.63) is 96.1 Å². The molecular formula is C36H41NO5. The first-order valence-electron chi connectivity index (χ1n) is 15.3. The van der Waals surface area contributed by atoms with Gasteiger partial charge in [0.2, 0.25) is 0 Å². The molecule has 0 unspecified atom stereocenters. The van der Waals surface area contributed by atoms with Gasteiger partial charge >= 0.3 is 5.97 Å². The molecule has 6 nitrogen and oxygen atoms in total. The summed E-state index contributed by atoms with van der Waals surface area (Å²) in [6.07, 6.45) is 5.67. The molecule has 0 aliphatic carbocycles. The van der Waals surface area contributed by atoms with E-state index >= 15 is 0 Å². The molecule has 1 N–H and O–H groups in total. The van der Waals surface area contributed by atoms with Crippen molar-refractivity contribution in [1.29, 1.82) is 0 Å². The number of ether oxygens (including phenoxy) is 3. The molecule has 1 heterocycles. The number of carbonyl (C=O) groups excluding carboxylic acids is 2. The van der Waals surface area contributed by atoms with Crippen molar-refractivity contribution < 1.29 is 23.8 Å². The van der Waals surface area contributed by atoms with Gasteiger partial charge in [0.15, 0.2) is 12.2 Å². The van der Waals surface area contributed by atoms with Gasteiger partial charge in [0.25, 0.3) is 5.91 Å². The Hall–Kier alpha value is -3.74. The summed E-state index contributed by atoms with van der Waals surface area (Å²) < 4.78 is 16.7. The fourth-order valence-electron chi connectivity index (χ4n) is 5.53. The van der Waals surface area contributed by atoms with Crippen LogP contribution in [-0.4, -0.2) is 50.4 Å². The van der Waals surface area contributed by atoms with E-state index < -0.39 is 18.2 Å². The second-order valence-corrected chi connectivity index (χ2v) is 11.0. The minimum absolute atomic E-state index is 0.204. The third-order valence-corrected chi connectivity index (χ3v) is 7.87. The Balaban J connectivity index is 1.02. The summed E-state index contributed by atoms with van der Waals surface area (Å²) >= 11 is 0. The number of amides is 1. The first-order chi connectivity index (χ1) is 20.7. The van der Waals surface area contributed by atoms with E-state index in [1.807, 2.05) is 0 Å². The second-order valence-electron chi connectivity index (χ2n) is 11.0. The zero-order valence-corrected chi connectivity index (χ0v) is 24.3. The predicted octanol–water partition coefficient (Wildman–Crippen LogP) is 6.56. The van der Waals surface area contributed by atoms with Crippen molar-refractivity contribution in [3.8, 4) is 0 Å². The van der Waals surface area contributed by atoms with Crippen molar-refractivity contribution in [3.63, 3.8) is 0 Å². The first kappa shape index (κ1) is 29.7. The topological polar surface area (TPSA) is 73.9 Å². The minimum Gasteiger partial charge on any atom is -0.461 e. The van der Waals surface area contributed by atoms with E-state index in [1.165, 1.54) is 32.7 Å². The number of aryl methyl sites for hydroxylation is 2. The van der Waals surface area contributed by atoms with Crippen LogP contribution in [0.4, 0.5) is 0 Å². The quantitative estimate of drug-likeness (QED) is 0.130. The Morgan fingerprint density at radius 3 is 1.95 bits per heavy atom.